The second kappa shape index (κ2) is 6.24. The molecule has 3 heterocycles. The van der Waals surface area contributed by atoms with Gasteiger partial charge in [-0.2, -0.15) is 5.10 Å². The van der Waals surface area contributed by atoms with Gasteiger partial charge in [0.25, 0.3) is 0 Å². The summed E-state index contributed by atoms with van der Waals surface area (Å²) in [6, 6.07) is 8.70. The number of hydrogen-bond acceptors (Lipinski definition) is 4. The molecule has 1 aliphatic heterocycles. The van der Waals surface area contributed by atoms with Crippen LogP contribution in [-0.4, -0.2) is 26.2 Å². The first-order valence-corrected chi connectivity index (χ1v) is 8.43. The SMILES string of the molecule is Cc1ccc(-c2nc(CN3CCCC3c3cnn(C)c3)co2)cc1. The quantitative estimate of drug-likeness (QED) is 0.734. The molecule has 4 rings (SSSR count). The summed E-state index contributed by atoms with van der Waals surface area (Å²) in [5.41, 5.74) is 4.54. The van der Waals surface area contributed by atoms with E-state index in [0.29, 0.717) is 11.9 Å². The fourth-order valence-electron chi connectivity index (χ4n) is 3.42. The second-order valence-electron chi connectivity index (χ2n) is 6.59. The summed E-state index contributed by atoms with van der Waals surface area (Å²) in [5.74, 6) is 0.696. The van der Waals surface area contributed by atoms with Gasteiger partial charge in [-0.1, -0.05) is 17.7 Å². The van der Waals surface area contributed by atoms with Gasteiger partial charge in [0.15, 0.2) is 0 Å². The van der Waals surface area contributed by atoms with E-state index in [2.05, 4.69) is 52.4 Å². The van der Waals surface area contributed by atoms with Crippen molar-refractivity contribution in [3.05, 3.63) is 59.7 Å². The Morgan fingerprint density at radius 3 is 2.83 bits per heavy atom. The highest BCUT2D eigenvalue weighted by atomic mass is 16.3. The standard InChI is InChI=1S/C19H22N4O/c1-14-5-7-15(8-6-14)19-21-17(13-24-19)12-23-9-3-4-18(23)16-10-20-22(2)11-16/h5-8,10-11,13,18H,3-4,9,12H2,1-2H3. The largest absolute Gasteiger partial charge is 0.444 e. The number of aryl methyl sites for hydroxylation is 2. The van der Waals surface area contributed by atoms with E-state index in [1.54, 1.807) is 6.26 Å². The van der Waals surface area contributed by atoms with E-state index in [-0.39, 0.29) is 0 Å². The topological polar surface area (TPSA) is 47.1 Å². The Hall–Kier alpha value is -2.40. The van der Waals surface area contributed by atoms with Crippen LogP contribution < -0.4 is 0 Å². The van der Waals surface area contributed by atoms with Crippen LogP contribution >= 0.6 is 0 Å². The Bertz CT molecular complexity index is 818. The summed E-state index contributed by atoms with van der Waals surface area (Å²) in [4.78, 5) is 7.14. The minimum Gasteiger partial charge on any atom is -0.444 e. The first-order chi connectivity index (χ1) is 11.7. The minimum absolute atomic E-state index is 0.429. The van der Waals surface area contributed by atoms with Crippen LogP contribution in [0.25, 0.3) is 11.5 Å². The Morgan fingerprint density at radius 1 is 1.25 bits per heavy atom. The molecule has 5 heteroatoms. The van der Waals surface area contributed by atoms with E-state index < -0.39 is 0 Å². The average molecular weight is 322 g/mol. The molecule has 3 aromatic rings. The molecule has 0 saturated carbocycles. The van der Waals surface area contributed by atoms with Crippen LogP contribution in [0.3, 0.4) is 0 Å². The molecule has 0 aliphatic carbocycles. The summed E-state index contributed by atoms with van der Waals surface area (Å²) in [6.45, 7) is 3.98. The summed E-state index contributed by atoms with van der Waals surface area (Å²) >= 11 is 0. The summed E-state index contributed by atoms with van der Waals surface area (Å²) in [7, 11) is 1.97. The molecule has 5 nitrogen and oxygen atoms in total. The van der Waals surface area contributed by atoms with Crippen LogP contribution in [0.1, 0.15) is 35.7 Å². The fourth-order valence-corrected chi connectivity index (χ4v) is 3.42. The normalized spacial score (nSPS) is 18.3. The van der Waals surface area contributed by atoms with E-state index in [9.17, 15) is 0 Å². The maximum absolute atomic E-state index is 5.69. The van der Waals surface area contributed by atoms with Gasteiger partial charge in [0.1, 0.15) is 6.26 Å². The monoisotopic (exact) mass is 322 g/mol. The molecule has 0 amide bonds. The van der Waals surface area contributed by atoms with Gasteiger partial charge in [-0.05, 0) is 38.4 Å². The average Bonchev–Trinajstić information content (AvgIpc) is 3.30. The van der Waals surface area contributed by atoms with Gasteiger partial charge in [-0.3, -0.25) is 9.58 Å². The Balaban J connectivity index is 1.50. The first-order valence-electron chi connectivity index (χ1n) is 8.43. The molecule has 1 saturated heterocycles. The number of aromatic nitrogens is 3. The number of likely N-dealkylation sites (tertiary alicyclic amines) is 1. The smallest absolute Gasteiger partial charge is 0.226 e. The minimum atomic E-state index is 0.429. The van der Waals surface area contributed by atoms with E-state index in [1.165, 1.54) is 24.0 Å². The number of nitrogens with zero attached hydrogens (tertiary/aromatic N) is 4. The fraction of sp³-hybridized carbons (Fsp3) is 0.368. The third kappa shape index (κ3) is 2.99. The van der Waals surface area contributed by atoms with Crippen molar-refractivity contribution >= 4 is 0 Å². The highest BCUT2D eigenvalue weighted by Gasteiger charge is 2.27. The van der Waals surface area contributed by atoms with Gasteiger partial charge < -0.3 is 4.42 Å². The lowest BCUT2D eigenvalue weighted by Gasteiger charge is -2.22. The Kier molecular flexibility index (Phi) is 3.94. The molecule has 1 fully saturated rings. The van der Waals surface area contributed by atoms with Gasteiger partial charge >= 0.3 is 0 Å². The molecule has 124 valence electrons. The van der Waals surface area contributed by atoms with Crippen molar-refractivity contribution in [3.63, 3.8) is 0 Å². The number of hydrogen-bond donors (Lipinski definition) is 0. The zero-order valence-corrected chi connectivity index (χ0v) is 14.1. The predicted molar refractivity (Wildman–Crippen MR) is 92.3 cm³/mol. The predicted octanol–water partition coefficient (Wildman–Crippen LogP) is 3.72. The Labute approximate surface area is 141 Å². The van der Waals surface area contributed by atoms with Crippen LogP contribution in [0.2, 0.25) is 0 Å². The zero-order chi connectivity index (χ0) is 16.5. The maximum Gasteiger partial charge on any atom is 0.226 e. The molecule has 0 N–H and O–H groups in total. The van der Waals surface area contributed by atoms with E-state index in [0.717, 1.165) is 24.3 Å². The maximum atomic E-state index is 5.69. The summed E-state index contributed by atoms with van der Waals surface area (Å²) in [5, 5.41) is 4.31. The van der Waals surface area contributed by atoms with E-state index in [4.69, 9.17) is 4.42 Å². The van der Waals surface area contributed by atoms with E-state index >= 15 is 0 Å². The van der Waals surface area contributed by atoms with Gasteiger partial charge in [-0.25, -0.2) is 4.98 Å². The van der Waals surface area contributed by atoms with Crippen LogP contribution in [-0.2, 0) is 13.6 Å². The molecule has 1 aliphatic rings. The van der Waals surface area contributed by atoms with Crippen molar-refractivity contribution in [1.82, 2.24) is 19.7 Å². The second-order valence-corrected chi connectivity index (χ2v) is 6.59. The van der Waals surface area contributed by atoms with Gasteiger partial charge in [-0.15, -0.1) is 0 Å². The first kappa shape index (κ1) is 15.1. The van der Waals surface area contributed by atoms with Crippen molar-refractivity contribution in [2.24, 2.45) is 7.05 Å². The third-order valence-electron chi connectivity index (χ3n) is 4.69. The number of rotatable bonds is 4. The molecular weight excluding hydrogens is 300 g/mol. The van der Waals surface area contributed by atoms with Crippen molar-refractivity contribution in [3.8, 4) is 11.5 Å². The van der Waals surface area contributed by atoms with Crippen LogP contribution in [0, 0.1) is 6.92 Å². The lowest BCUT2D eigenvalue weighted by molar-refractivity contribution is 0.245. The van der Waals surface area contributed by atoms with Crippen molar-refractivity contribution in [1.29, 1.82) is 0 Å². The van der Waals surface area contributed by atoms with Crippen molar-refractivity contribution in [2.45, 2.75) is 32.4 Å². The van der Waals surface area contributed by atoms with Crippen LogP contribution in [0.5, 0.6) is 0 Å². The molecule has 24 heavy (non-hydrogen) atoms. The number of oxazole rings is 1. The highest BCUT2D eigenvalue weighted by molar-refractivity contribution is 5.53. The summed E-state index contributed by atoms with van der Waals surface area (Å²) < 4.78 is 7.56. The lowest BCUT2D eigenvalue weighted by atomic mass is 10.1. The number of benzene rings is 1. The third-order valence-corrected chi connectivity index (χ3v) is 4.69. The molecule has 0 radical (unpaired) electrons. The van der Waals surface area contributed by atoms with Crippen LogP contribution in [0.15, 0.2) is 47.3 Å². The van der Waals surface area contributed by atoms with Gasteiger partial charge in [0.2, 0.25) is 5.89 Å². The van der Waals surface area contributed by atoms with Crippen LogP contribution in [0.4, 0.5) is 0 Å². The van der Waals surface area contributed by atoms with Crippen molar-refractivity contribution < 1.29 is 4.42 Å². The molecule has 2 aromatic heterocycles. The molecule has 1 aromatic carbocycles. The zero-order valence-electron chi connectivity index (χ0n) is 14.1. The molecule has 0 bridgehead atoms. The lowest BCUT2D eigenvalue weighted by Crippen LogP contribution is -2.22. The highest BCUT2D eigenvalue weighted by Crippen LogP contribution is 2.33. The molecule has 1 unspecified atom stereocenters. The van der Waals surface area contributed by atoms with Crippen molar-refractivity contribution in [2.75, 3.05) is 6.54 Å². The molecular formula is C19H22N4O. The molecule has 1 atom stereocenters. The summed E-state index contributed by atoms with van der Waals surface area (Å²) in [6.07, 6.45) is 8.26. The van der Waals surface area contributed by atoms with Gasteiger partial charge in [0.05, 0.1) is 11.9 Å². The van der Waals surface area contributed by atoms with Gasteiger partial charge in [0, 0.05) is 37.0 Å². The van der Waals surface area contributed by atoms with E-state index in [1.807, 2.05) is 17.9 Å². The Morgan fingerprint density at radius 2 is 2.08 bits per heavy atom. The molecule has 0 spiro atoms.